The standard InChI is InChI=1S/C50H26N4O2/c1-2-11-30-27(9-1)10-7-14-31(30)28-19-21-29(22-20-28)46-49-47(34-13-4-6-17-39(34)56-49)52-50(51-46)54-37-25-26-41-45-42-36(16-8-18-40(42)55-41)53-35-15-5-3-12-32(35)33-23-24-38(54)44(43(37)45)48(33)53/h1-26H. The summed E-state index contributed by atoms with van der Waals surface area (Å²) in [4.78, 5) is 10.8. The summed E-state index contributed by atoms with van der Waals surface area (Å²) in [6.07, 6.45) is 0. The van der Waals surface area contributed by atoms with Gasteiger partial charge in [-0.2, -0.15) is 0 Å². The van der Waals surface area contributed by atoms with Gasteiger partial charge in [-0.05, 0) is 70.4 Å². The monoisotopic (exact) mass is 714 g/mol. The fraction of sp³-hybridized carbons (Fsp3) is 0. The Bertz CT molecular complexity index is 3930. The second kappa shape index (κ2) is 10.1. The van der Waals surface area contributed by atoms with Gasteiger partial charge in [0.25, 0.3) is 0 Å². The van der Waals surface area contributed by atoms with Crippen molar-refractivity contribution in [1.29, 1.82) is 0 Å². The van der Waals surface area contributed by atoms with E-state index in [-0.39, 0.29) is 0 Å². The topological polar surface area (TPSA) is 61.4 Å². The van der Waals surface area contributed by atoms with Crippen molar-refractivity contribution in [2.45, 2.75) is 0 Å². The first-order valence-electron chi connectivity index (χ1n) is 18.9. The Labute approximate surface area is 316 Å². The van der Waals surface area contributed by atoms with Crippen LogP contribution >= 0.6 is 0 Å². The zero-order valence-corrected chi connectivity index (χ0v) is 29.6. The maximum absolute atomic E-state index is 6.60. The van der Waals surface area contributed by atoms with Crippen molar-refractivity contribution in [2.75, 3.05) is 0 Å². The Kier molecular flexibility index (Phi) is 5.18. The lowest BCUT2D eigenvalue weighted by Gasteiger charge is -2.11. The summed E-state index contributed by atoms with van der Waals surface area (Å²) in [6.45, 7) is 0. The minimum atomic E-state index is 0.590. The van der Waals surface area contributed by atoms with E-state index in [9.17, 15) is 0 Å². The Morgan fingerprint density at radius 1 is 0.411 bits per heavy atom. The third-order valence-electron chi connectivity index (χ3n) is 12.1. The summed E-state index contributed by atoms with van der Waals surface area (Å²) in [7, 11) is 0. The minimum Gasteiger partial charge on any atom is -0.456 e. The molecule has 0 aliphatic carbocycles. The van der Waals surface area contributed by atoms with Gasteiger partial charge < -0.3 is 13.2 Å². The van der Waals surface area contributed by atoms with E-state index in [1.807, 2.05) is 18.2 Å². The molecular formula is C50H26N4O2. The fourth-order valence-corrected chi connectivity index (χ4v) is 9.74. The highest BCUT2D eigenvalue weighted by Gasteiger charge is 2.28. The number of fused-ring (bicyclic) bond motifs is 8. The normalized spacial score (nSPS) is 12.6. The average molecular weight is 715 g/mol. The molecule has 0 atom stereocenters. The first kappa shape index (κ1) is 28.8. The zero-order valence-electron chi connectivity index (χ0n) is 29.6. The molecule has 0 N–H and O–H groups in total. The van der Waals surface area contributed by atoms with Crippen LogP contribution in [0, 0.1) is 0 Å². The van der Waals surface area contributed by atoms with Gasteiger partial charge in [-0.1, -0.05) is 109 Å². The molecule has 8 aromatic carbocycles. The van der Waals surface area contributed by atoms with Crippen LogP contribution in [0.2, 0.25) is 0 Å². The molecule has 0 saturated carbocycles. The van der Waals surface area contributed by atoms with Gasteiger partial charge in [-0.25, -0.2) is 9.97 Å². The van der Waals surface area contributed by atoms with Gasteiger partial charge in [-0.15, -0.1) is 0 Å². The van der Waals surface area contributed by atoms with Crippen molar-refractivity contribution in [3.05, 3.63) is 158 Å². The first-order chi connectivity index (χ1) is 27.8. The molecule has 0 aliphatic rings. The molecule has 6 heteroatoms. The predicted octanol–water partition coefficient (Wildman–Crippen LogP) is 13.3. The fourth-order valence-electron chi connectivity index (χ4n) is 9.74. The Morgan fingerprint density at radius 2 is 1.11 bits per heavy atom. The highest BCUT2D eigenvalue weighted by Crippen LogP contribution is 2.48. The molecule has 0 radical (unpaired) electrons. The number of benzene rings is 8. The van der Waals surface area contributed by atoms with Crippen LogP contribution in [0.1, 0.15) is 0 Å². The van der Waals surface area contributed by atoms with Crippen LogP contribution in [-0.2, 0) is 0 Å². The van der Waals surface area contributed by atoms with E-state index in [4.69, 9.17) is 18.8 Å². The number of nitrogens with zero attached hydrogens (tertiary/aromatic N) is 4. The molecule has 56 heavy (non-hydrogen) atoms. The Morgan fingerprint density at radius 3 is 2.04 bits per heavy atom. The van der Waals surface area contributed by atoms with Crippen LogP contribution in [-0.4, -0.2) is 18.9 Å². The van der Waals surface area contributed by atoms with Crippen LogP contribution in [0.25, 0.3) is 132 Å². The summed E-state index contributed by atoms with van der Waals surface area (Å²) >= 11 is 0. The second-order valence-corrected chi connectivity index (χ2v) is 14.9. The minimum absolute atomic E-state index is 0.590. The Balaban J connectivity index is 1.10. The highest BCUT2D eigenvalue weighted by molar-refractivity contribution is 6.37. The largest absolute Gasteiger partial charge is 0.456 e. The maximum Gasteiger partial charge on any atom is 0.236 e. The summed E-state index contributed by atoms with van der Waals surface area (Å²) in [5.41, 5.74) is 13.6. The number of hydrogen-bond donors (Lipinski definition) is 0. The van der Waals surface area contributed by atoms with E-state index >= 15 is 0 Å². The Hall–Kier alpha value is -7.70. The van der Waals surface area contributed by atoms with Crippen molar-refractivity contribution in [1.82, 2.24) is 18.9 Å². The number of hydrogen-bond acceptors (Lipinski definition) is 4. The van der Waals surface area contributed by atoms with Crippen LogP contribution < -0.4 is 0 Å². The molecule has 14 aromatic rings. The van der Waals surface area contributed by atoms with Crippen LogP contribution in [0.4, 0.5) is 0 Å². The number of rotatable bonds is 3. The van der Waals surface area contributed by atoms with Crippen molar-refractivity contribution >= 4 is 104 Å². The number of aromatic nitrogens is 4. The highest BCUT2D eigenvalue weighted by atomic mass is 16.3. The number of para-hydroxylation sites is 2. The van der Waals surface area contributed by atoms with E-state index in [0.29, 0.717) is 11.5 Å². The quantitative estimate of drug-likeness (QED) is 0.183. The van der Waals surface area contributed by atoms with Gasteiger partial charge in [0.05, 0.1) is 33.0 Å². The van der Waals surface area contributed by atoms with Gasteiger partial charge in [0.15, 0.2) is 5.58 Å². The smallest absolute Gasteiger partial charge is 0.236 e. The molecule has 258 valence electrons. The van der Waals surface area contributed by atoms with Crippen molar-refractivity contribution in [3.63, 3.8) is 0 Å². The summed E-state index contributed by atoms with van der Waals surface area (Å²) in [6, 6.07) is 55.7. The molecule has 0 saturated heterocycles. The van der Waals surface area contributed by atoms with Crippen molar-refractivity contribution in [3.8, 4) is 28.3 Å². The molecule has 0 amide bonds. The molecular weight excluding hydrogens is 689 g/mol. The predicted molar refractivity (Wildman–Crippen MR) is 228 cm³/mol. The van der Waals surface area contributed by atoms with E-state index < -0.39 is 0 Å². The van der Waals surface area contributed by atoms with Gasteiger partial charge >= 0.3 is 0 Å². The summed E-state index contributed by atoms with van der Waals surface area (Å²) in [5.74, 6) is 0.590. The molecule has 6 heterocycles. The van der Waals surface area contributed by atoms with E-state index in [0.717, 1.165) is 77.2 Å². The zero-order chi connectivity index (χ0) is 36.2. The van der Waals surface area contributed by atoms with Crippen LogP contribution in [0.5, 0.6) is 0 Å². The summed E-state index contributed by atoms with van der Waals surface area (Å²) < 4.78 is 17.9. The molecule has 6 nitrogen and oxygen atoms in total. The van der Waals surface area contributed by atoms with Gasteiger partial charge in [0.2, 0.25) is 5.95 Å². The average Bonchev–Trinajstić information content (AvgIpc) is 3.98. The van der Waals surface area contributed by atoms with Crippen molar-refractivity contribution < 1.29 is 8.83 Å². The SMILES string of the molecule is c1ccc2c(-c3ccc(-c4nc(-n5c6ccc7oc8cccc9c8c7c6c6c5ccc5c7ccccc7n9c56)nc5c4oc4ccccc45)cc3)cccc2c1. The third-order valence-corrected chi connectivity index (χ3v) is 12.1. The number of furan rings is 2. The lowest BCUT2D eigenvalue weighted by Crippen LogP contribution is -2.03. The third kappa shape index (κ3) is 3.48. The molecule has 0 spiro atoms. The molecule has 0 unspecified atom stereocenters. The van der Waals surface area contributed by atoms with Crippen molar-refractivity contribution in [2.24, 2.45) is 0 Å². The lowest BCUT2D eigenvalue weighted by atomic mass is 9.97. The molecule has 6 aromatic heterocycles. The van der Waals surface area contributed by atoms with E-state index in [1.54, 1.807) is 0 Å². The van der Waals surface area contributed by atoms with E-state index in [2.05, 4.69) is 148 Å². The van der Waals surface area contributed by atoms with Gasteiger partial charge in [-0.3, -0.25) is 4.57 Å². The lowest BCUT2D eigenvalue weighted by molar-refractivity contribution is 0.666. The second-order valence-electron chi connectivity index (χ2n) is 14.9. The molecule has 0 bridgehead atoms. The maximum atomic E-state index is 6.60. The van der Waals surface area contributed by atoms with Gasteiger partial charge in [0.1, 0.15) is 28.0 Å². The molecule has 0 fully saturated rings. The molecule has 14 rings (SSSR count). The summed E-state index contributed by atoms with van der Waals surface area (Å²) in [5, 5.41) is 10.4. The van der Waals surface area contributed by atoms with E-state index in [1.165, 1.54) is 43.5 Å². The first-order valence-corrected chi connectivity index (χ1v) is 18.9. The van der Waals surface area contributed by atoms with Crippen LogP contribution in [0.15, 0.2) is 167 Å². The van der Waals surface area contributed by atoms with Gasteiger partial charge in [0, 0.05) is 37.9 Å². The molecule has 0 aliphatic heterocycles. The van der Waals surface area contributed by atoms with Crippen LogP contribution in [0.3, 0.4) is 0 Å².